The first kappa shape index (κ1) is 27.7. The maximum atomic E-state index is 13.5. The van der Waals surface area contributed by atoms with Crippen molar-refractivity contribution in [3.8, 4) is 5.88 Å². The summed E-state index contributed by atoms with van der Waals surface area (Å²) < 4.78 is 6.16. The van der Waals surface area contributed by atoms with Crippen LogP contribution in [0.3, 0.4) is 0 Å². The van der Waals surface area contributed by atoms with E-state index >= 15 is 0 Å². The minimum atomic E-state index is -0.803. The Kier molecular flexibility index (Phi) is 7.86. The van der Waals surface area contributed by atoms with Crippen LogP contribution in [0.1, 0.15) is 60.1 Å². The number of ether oxygens (including phenoxy) is 1. The Bertz CT molecular complexity index is 1520. The topological polar surface area (TPSA) is 131 Å². The summed E-state index contributed by atoms with van der Waals surface area (Å²) in [5.74, 6) is -1.89. The van der Waals surface area contributed by atoms with Crippen molar-refractivity contribution in [3.63, 3.8) is 0 Å². The number of anilines is 1. The van der Waals surface area contributed by atoms with E-state index in [1.807, 2.05) is 6.07 Å². The van der Waals surface area contributed by atoms with Gasteiger partial charge in [-0.25, -0.2) is 9.97 Å². The van der Waals surface area contributed by atoms with Crippen molar-refractivity contribution in [2.45, 2.75) is 39.2 Å². The van der Waals surface area contributed by atoms with E-state index in [4.69, 9.17) is 15.5 Å². The number of amides is 3. The first-order valence-electron chi connectivity index (χ1n) is 13.4. The largest absolute Gasteiger partial charge is 0.480 e. The number of aromatic nitrogens is 2. The Morgan fingerprint density at radius 1 is 1.20 bits per heavy atom. The fourth-order valence-electron chi connectivity index (χ4n) is 5.56. The van der Waals surface area contributed by atoms with E-state index in [0.717, 1.165) is 53.1 Å². The van der Waals surface area contributed by atoms with E-state index in [2.05, 4.69) is 48.2 Å². The van der Waals surface area contributed by atoms with E-state index in [9.17, 15) is 14.4 Å². The number of nitrogens with zero attached hydrogens (tertiary/aromatic N) is 4. The number of methoxy groups -OCH3 is 1. The number of benzene rings is 1. The number of fused-ring (bicyclic) bond motifs is 1. The second-order valence-electron chi connectivity index (χ2n) is 10.7. The predicted molar refractivity (Wildman–Crippen MR) is 155 cm³/mol. The number of hydrogen-bond donors (Lipinski definition) is 2. The molecule has 40 heavy (non-hydrogen) atoms. The second kappa shape index (κ2) is 11.3. The molecule has 0 aliphatic carbocycles. The minimum Gasteiger partial charge on any atom is -0.480 e. The van der Waals surface area contributed by atoms with Crippen LogP contribution >= 0.6 is 11.3 Å². The number of carbonyl (C=O) groups excluding carboxylic acids is 3. The zero-order valence-corrected chi connectivity index (χ0v) is 24.0. The Balaban J connectivity index is 1.39. The van der Waals surface area contributed by atoms with Crippen LogP contribution in [0.4, 0.5) is 5.69 Å². The number of likely N-dealkylation sites (tertiary alicyclic amines) is 1. The van der Waals surface area contributed by atoms with Gasteiger partial charge in [0.15, 0.2) is 0 Å². The quantitative estimate of drug-likeness (QED) is 0.452. The lowest BCUT2D eigenvalue weighted by molar-refractivity contribution is -0.146. The van der Waals surface area contributed by atoms with E-state index in [1.54, 1.807) is 16.2 Å². The Morgan fingerprint density at radius 2 is 2.00 bits per heavy atom. The highest BCUT2D eigenvalue weighted by Crippen LogP contribution is 2.37. The van der Waals surface area contributed by atoms with Crippen molar-refractivity contribution in [3.05, 3.63) is 52.2 Å². The fraction of sp³-hybridized carbons (Fsp3) is 0.414. The van der Waals surface area contributed by atoms with Gasteiger partial charge in [0.25, 0.3) is 5.91 Å². The molecular weight excluding hydrogens is 528 g/mol. The zero-order valence-electron chi connectivity index (χ0n) is 23.2. The Morgan fingerprint density at radius 3 is 2.73 bits per heavy atom. The number of piperidine rings is 1. The summed E-state index contributed by atoms with van der Waals surface area (Å²) in [4.78, 5) is 51.3. The highest BCUT2D eigenvalue weighted by Gasteiger charge is 2.34. The van der Waals surface area contributed by atoms with Crippen LogP contribution in [0.25, 0.3) is 15.8 Å². The molecule has 10 nitrogen and oxygen atoms in total. The molecule has 4 heterocycles. The van der Waals surface area contributed by atoms with Crippen LogP contribution in [0, 0.1) is 5.92 Å². The van der Waals surface area contributed by atoms with Crippen molar-refractivity contribution in [2.75, 3.05) is 39.1 Å². The molecule has 2 atom stereocenters. The Hall–Kier alpha value is -3.83. The summed E-state index contributed by atoms with van der Waals surface area (Å²) in [6, 6.07) is 7.29. The molecule has 1 fully saturated rings. The molecule has 1 saturated heterocycles. The van der Waals surface area contributed by atoms with Gasteiger partial charge in [0.1, 0.15) is 10.6 Å². The van der Waals surface area contributed by atoms with Gasteiger partial charge in [0.05, 0.1) is 35.3 Å². The van der Waals surface area contributed by atoms with E-state index in [1.165, 1.54) is 30.5 Å². The number of likely N-dealkylation sites (N-methyl/N-ethyl adjacent to an activating group) is 1. The maximum Gasteiger partial charge on any atom is 0.313 e. The van der Waals surface area contributed by atoms with E-state index in [-0.39, 0.29) is 29.1 Å². The normalized spacial score (nSPS) is 20.1. The molecule has 0 bridgehead atoms. The first-order chi connectivity index (χ1) is 19.1. The van der Waals surface area contributed by atoms with Crippen LogP contribution in [-0.2, 0) is 9.59 Å². The van der Waals surface area contributed by atoms with Crippen molar-refractivity contribution < 1.29 is 19.1 Å². The number of nitrogens with two attached hydrogens (primary N) is 1. The van der Waals surface area contributed by atoms with Crippen molar-refractivity contribution in [2.24, 2.45) is 11.7 Å². The molecule has 11 heteroatoms. The fourth-order valence-corrected chi connectivity index (χ4v) is 6.66. The molecule has 3 N–H and O–H groups in total. The second-order valence-corrected chi connectivity index (χ2v) is 11.8. The van der Waals surface area contributed by atoms with Crippen molar-refractivity contribution >= 4 is 50.5 Å². The summed E-state index contributed by atoms with van der Waals surface area (Å²) >= 11 is 1.70. The molecule has 0 radical (unpaired) electrons. The molecule has 2 aliphatic rings. The molecule has 1 aromatic carbocycles. The smallest absolute Gasteiger partial charge is 0.313 e. The lowest BCUT2D eigenvalue weighted by Crippen LogP contribution is -2.46. The van der Waals surface area contributed by atoms with Crippen LogP contribution in [-0.4, -0.2) is 71.3 Å². The van der Waals surface area contributed by atoms with Crippen LogP contribution in [0.15, 0.2) is 36.0 Å². The number of rotatable bonds is 5. The third-order valence-corrected chi connectivity index (χ3v) is 8.76. The molecule has 2 aliphatic heterocycles. The molecule has 3 amide bonds. The minimum absolute atomic E-state index is 0.0133. The van der Waals surface area contributed by atoms with Crippen LogP contribution < -0.4 is 15.8 Å². The van der Waals surface area contributed by atoms with Gasteiger partial charge < -0.3 is 25.6 Å². The third-order valence-electron chi connectivity index (χ3n) is 7.66. The molecule has 0 unspecified atom stereocenters. The highest BCUT2D eigenvalue weighted by atomic mass is 32.1. The van der Waals surface area contributed by atoms with Crippen molar-refractivity contribution in [1.82, 2.24) is 19.8 Å². The number of hydrogen-bond acceptors (Lipinski definition) is 8. The Labute approximate surface area is 237 Å². The summed E-state index contributed by atoms with van der Waals surface area (Å²) in [6.07, 6.45) is 4.00. The number of thiazole rings is 1. The number of primary amides is 1. The first-order valence-corrected chi connectivity index (χ1v) is 14.2. The molecule has 210 valence electrons. The van der Waals surface area contributed by atoms with E-state index in [0.29, 0.717) is 6.54 Å². The van der Waals surface area contributed by atoms with Gasteiger partial charge in [-0.15, -0.1) is 11.3 Å². The van der Waals surface area contributed by atoms with Gasteiger partial charge in [0, 0.05) is 19.6 Å². The predicted octanol–water partition coefficient (Wildman–Crippen LogP) is 3.85. The summed E-state index contributed by atoms with van der Waals surface area (Å²) in [5.41, 5.74) is 10.2. The summed E-state index contributed by atoms with van der Waals surface area (Å²) in [5, 5.41) is 3.63. The van der Waals surface area contributed by atoms with E-state index < -0.39 is 17.7 Å². The lowest BCUT2D eigenvalue weighted by atomic mass is 9.89. The van der Waals surface area contributed by atoms with Crippen LogP contribution in [0.5, 0.6) is 5.88 Å². The third kappa shape index (κ3) is 5.57. The SMILES string of the molecule is COc1ncc(NC(=O)C(=O)N2C[C@@H](C)CC[C@@H]2c2ccc3sc(C4=C(C)CN(C)CC4)nc3c2)cc1C(N)=O. The van der Waals surface area contributed by atoms with Gasteiger partial charge in [0.2, 0.25) is 5.88 Å². The molecule has 3 aromatic rings. The standard InChI is InChI=1S/C29H34N6O4S/c1-16-5-7-23(18-6-8-24-22(11-18)33-28(40-24)20-9-10-34(3)15-17(20)2)35(14-16)29(38)26(37)32-19-12-21(25(30)36)27(39-4)31-13-19/h6,8,11-13,16,23H,5,7,9-10,14-15H2,1-4H3,(H2,30,36)(H,32,37)/t16-,23+/m0/s1. The molecule has 2 aromatic heterocycles. The van der Waals surface area contributed by atoms with Gasteiger partial charge in [-0.05, 0) is 68.5 Å². The zero-order chi connectivity index (χ0) is 28.6. The summed E-state index contributed by atoms with van der Waals surface area (Å²) in [7, 11) is 3.50. The average molecular weight is 563 g/mol. The molecule has 5 rings (SSSR count). The monoisotopic (exact) mass is 562 g/mol. The van der Waals surface area contributed by atoms with Gasteiger partial charge >= 0.3 is 11.8 Å². The van der Waals surface area contributed by atoms with Gasteiger partial charge in [-0.1, -0.05) is 18.6 Å². The molecular formula is C29H34N6O4S. The number of pyridine rings is 1. The highest BCUT2D eigenvalue weighted by molar-refractivity contribution is 7.19. The molecule has 0 saturated carbocycles. The van der Waals surface area contributed by atoms with Gasteiger partial charge in [-0.3, -0.25) is 14.4 Å². The lowest BCUT2D eigenvalue weighted by Gasteiger charge is -2.38. The maximum absolute atomic E-state index is 13.5. The number of carbonyl (C=O) groups is 3. The number of nitrogens with one attached hydrogen (secondary N) is 1. The van der Waals surface area contributed by atoms with Crippen molar-refractivity contribution in [1.29, 1.82) is 0 Å². The van der Waals surface area contributed by atoms with Crippen LogP contribution in [0.2, 0.25) is 0 Å². The summed E-state index contributed by atoms with van der Waals surface area (Å²) in [6.45, 7) is 6.69. The van der Waals surface area contributed by atoms with Gasteiger partial charge in [-0.2, -0.15) is 0 Å². The molecule has 0 spiro atoms. The average Bonchev–Trinajstić information content (AvgIpc) is 3.35.